The molecule has 7 heteroatoms. The Labute approximate surface area is 143 Å². The number of anilines is 1. The number of aryl methyl sites for hydroxylation is 2. The van der Waals surface area contributed by atoms with E-state index in [4.69, 9.17) is 9.15 Å². The normalized spacial score (nSPS) is 10.5. The standard InChI is InChI=1S/C18H16FN3O3/c1-11-3-4-13(19)9-16(11)18(23)20-14-5-7-15(8-6-14)24-10-17-22-21-12(2)25-17/h3-9H,10H2,1-2H3,(H,20,23). The van der Waals surface area contributed by atoms with Crippen LogP contribution >= 0.6 is 0 Å². The summed E-state index contributed by atoms with van der Waals surface area (Å²) in [5.74, 6) is 0.638. The molecule has 0 fully saturated rings. The maximum atomic E-state index is 13.3. The van der Waals surface area contributed by atoms with Crippen molar-refractivity contribution in [1.29, 1.82) is 0 Å². The predicted octanol–water partition coefficient (Wildman–Crippen LogP) is 3.66. The lowest BCUT2D eigenvalue weighted by atomic mass is 10.1. The molecule has 3 aromatic rings. The van der Waals surface area contributed by atoms with Gasteiger partial charge in [0, 0.05) is 18.2 Å². The second-order valence-electron chi connectivity index (χ2n) is 5.44. The van der Waals surface area contributed by atoms with Crippen LogP contribution in [0.25, 0.3) is 0 Å². The van der Waals surface area contributed by atoms with Crippen LogP contribution in [0.2, 0.25) is 0 Å². The number of rotatable bonds is 5. The van der Waals surface area contributed by atoms with Gasteiger partial charge in [-0.15, -0.1) is 10.2 Å². The number of carbonyl (C=O) groups is 1. The van der Waals surface area contributed by atoms with Crippen molar-refractivity contribution >= 4 is 11.6 Å². The van der Waals surface area contributed by atoms with E-state index in [-0.39, 0.29) is 12.5 Å². The van der Waals surface area contributed by atoms with Gasteiger partial charge in [-0.3, -0.25) is 4.79 Å². The third-order valence-electron chi connectivity index (χ3n) is 3.49. The van der Waals surface area contributed by atoms with Crippen LogP contribution < -0.4 is 10.1 Å². The van der Waals surface area contributed by atoms with Gasteiger partial charge in [-0.05, 0) is 48.9 Å². The van der Waals surface area contributed by atoms with E-state index in [9.17, 15) is 9.18 Å². The minimum atomic E-state index is -0.448. The molecule has 0 aliphatic carbocycles. The molecule has 0 spiro atoms. The average molecular weight is 341 g/mol. The molecular weight excluding hydrogens is 325 g/mol. The fourth-order valence-electron chi connectivity index (χ4n) is 2.21. The van der Waals surface area contributed by atoms with Crippen LogP contribution in [0, 0.1) is 19.7 Å². The summed E-state index contributed by atoms with van der Waals surface area (Å²) < 4.78 is 24.1. The van der Waals surface area contributed by atoms with Gasteiger partial charge in [0.1, 0.15) is 11.6 Å². The van der Waals surface area contributed by atoms with Crippen molar-refractivity contribution in [2.45, 2.75) is 20.5 Å². The Hall–Kier alpha value is -3.22. The largest absolute Gasteiger partial charge is 0.484 e. The number of benzene rings is 2. The van der Waals surface area contributed by atoms with Crippen LogP contribution in [0.15, 0.2) is 46.9 Å². The van der Waals surface area contributed by atoms with E-state index in [1.165, 1.54) is 12.1 Å². The fraction of sp³-hybridized carbons (Fsp3) is 0.167. The lowest BCUT2D eigenvalue weighted by Crippen LogP contribution is -2.13. The Balaban J connectivity index is 1.62. The van der Waals surface area contributed by atoms with E-state index in [1.807, 2.05) is 0 Å². The van der Waals surface area contributed by atoms with E-state index >= 15 is 0 Å². The molecular formula is C18H16FN3O3. The molecule has 1 aromatic heterocycles. The summed E-state index contributed by atoms with van der Waals surface area (Å²) in [6, 6.07) is 10.9. The number of halogens is 1. The van der Waals surface area contributed by atoms with Gasteiger partial charge in [0.2, 0.25) is 5.89 Å². The lowest BCUT2D eigenvalue weighted by Gasteiger charge is -2.09. The van der Waals surface area contributed by atoms with Gasteiger partial charge < -0.3 is 14.5 Å². The SMILES string of the molecule is Cc1nnc(COc2ccc(NC(=O)c3cc(F)ccc3C)cc2)o1. The molecule has 0 atom stereocenters. The van der Waals surface area contributed by atoms with Gasteiger partial charge in [-0.25, -0.2) is 4.39 Å². The number of aromatic nitrogens is 2. The molecule has 1 amide bonds. The third-order valence-corrected chi connectivity index (χ3v) is 3.49. The van der Waals surface area contributed by atoms with Crippen molar-refractivity contribution < 1.29 is 18.3 Å². The zero-order valence-corrected chi connectivity index (χ0v) is 13.7. The van der Waals surface area contributed by atoms with Gasteiger partial charge in [0.25, 0.3) is 11.8 Å². The molecule has 128 valence electrons. The van der Waals surface area contributed by atoms with Crippen LogP contribution in [0.4, 0.5) is 10.1 Å². The third kappa shape index (κ3) is 4.20. The van der Waals surface area contributed by atoms with Crippen molar-refractivity contribution in [2.24, 2.45) is 0 Å². The second kappa shape index (κ2) is 7.12. The van der Waals surface area contributed by atoms with E-state index in [0.717, 1.165) is 0 Å². The topological polar surface area (TPSA) is 77.3 Å². The van der Waals surface area contributed by atoms with Gasteiger partial charge in [0.05, 0.1) is 0 Å². The number of nitrogens with zero attached hydrogens (tertiary/aromatic N) is 2. The quantitative estimate of drug-likeness (QED) is 0.766. The minimum absolute atomic E-state index is 0.162. The molecule has 3 rings (SSSR count). The summed E-state index contributed by atoms with van der Waals surface area (Å²) in [4.78, 5) is 12.2. The first-order valence-corrected chi connectivity index (χ1v) is 7.60. The summed E-state index contributed by atoms with van der Waals surface area (Å²) in [7, 11) is 0. The fourth-order valence-corrected chi connectivity index (χ4v) is 2.21. The monoisotopic (exact) mass is 341 g/mol. The first-order chi connectivity index (χ1) is 12.0. The van der Waals surface area contributed by atoms with Gasteiger partial charge in [0.15, 0.2) is 6.61 Å². The Bertz CT molecular complexity index is 891. The molecule has 1 heterocycles. The van der Waals surface area contributed by atoms with E-state index < -0.39 is 5.82 Å². The molecule has 0 unspecified atom stereocenters. The summed E-state index contributed by atoms with van der Waals surface area (Å²) in [5, 5.41) is 10.3. The summed E-state index contributed by atoms with van der Waals surface area (Å²) in [6.45, 7) is 3.62. The zero-order chi connectivity index (χ0) is 17.8. The van der Waals surface area contributed by atoms with Crippen molar-refractivity contribution in [3.63, 3.8) is 0 Å². The van der Waals surface area contributed by atoms with E-state index in [1.54, 1.807) is 44.2 Å². The Morgan fingerprint density at radius 2 is 1.92 bits per heavy atom. The van der Waals surface area contributed by atoms with Crippen molar-refractivity contribution in [3.05, 3.63) is 71.2 Å². The van der Waals surface area contributed by atoms with E-state index in [2.05, 4.69) is 15.5 Å². The molecule has 0 saturated heterocycles. The van der Waals surface area contributed by atoms with Crippen LogP contribution in [-0.2, 0) is 6.61 Å². The van der Waals surface area contributed by atoms with Crippen LogP contribution in [0.3, 0.4) is 0 Å². The minimum Gasteiger partial charge on any atom is -0.484 e. The van der Waals surface area contributed by atoms with Gasteiger partial charge in [-0.1, -0.05) is 6.07 Å². The van der Waals surface area contributed by atoms with Crippen LogP contribution in [-0.4, -0.2) is 16.1 Å². The summed E-state index contributed by atoms with van der Waals surface area (Å²) >= 11 is 0. The number of hydrogen-bond donors (Lipinski definition) is 1. The molecule has 6 nitrogen and oxygen atoms in total. The Kier molecular flexibility index (Phi) is 4.74. The molecule has 0 bridgehead atoms. The zero-order valence-electron chi connectivity index (χ0n) is 13.7. The molecule has 25 heavy (non-hydrogen) atoms. The second-order valence-corrected chi connectivity index (χ2v) is 5.44. The van der Waals surface area contributed by atoms with Crippen molar-refractivity contribution in [3.8, 4) is 5.75 Å². The first-order valence-electron chi connectivity index (χ1n) is 7.60. The van der Waals surface area contributed by atoms with Gasteiger partial charge in [-0.2, -0.15) is 0 Å². The maximum Gasteiger partial charge on any atom is 0.256 e. The summed E-state index contributed by atoms with van der Waals surface area (Å²) in [5.41, 5.74) is 1.58. The number of nitrogens with one attached hydrogen (secondary N) is 1. The smallest absolute Gasteiger partial charge is 0.256 e. The molecule has 0 saturated carbocycles. The number of hydrogen-bond acceptors (Lipinski definition) is 5. The predicted molar refractivity (Wildman–Crippen MR) is 88.9 cm³/mol. The molecule has 0 aliphatic rings. The van der Waals surface area contributed by atoms with Crippen LogP contribution in [0.1, 0.15) is 27.7 Å². The first kappa shape index (κ1) is 16.6. The number of amides is 1. The lowest BCUT2D eigenvalue weighted by molar-refractivity contribution is 0.102. The van der Waals surface area contributed by atoms with E-state index in [0.29, 0.717) is 34.3 Å². The van der Waals surface area contributed by atoms with Gasteiger partial charge >= 0.3 is 0 Å². The van der Waals surface area contributed by atoms with Crippen molar-refractivity contribution in [1.82, 2.24) is 10.2 Å². The molecule has 1 N–H and O–H groups in total. The maximum absolute atomic E-state index is 13.3. The highest BCUT2D eigenvalue weighted by molar-refractivity contribution is 6.05. The highest BCUT2D eigenvalue weighted by Crippen LogP contribution is 2.18. The molecule has 2 aromatic carbocycles. The molecule has 0 aliphatic heterocycles. The highest BCUT2D eigenvalue weighted by Gasteiger charge is 2.11. The van der Waals surface area contributed by atoms with Crippen LogP contribution in [0.5, 0.6) is 5.75 Å². The number of ether oxygens (including phenoxy) is 1. The average Bonchev–Trinajstić information content (AvgIpc) is 3.02. The summed E-state index contributed by atoms with van der Waals surface area (Å²) in [6.07, 6.45) is 0. The highest BCUT2D eigenvalue weighted by atomic mass is 19.1. The Morgan fingerprint density at radius 1 is 1.16 bits per heavy atom. The number of carbonyl (C=O) groups excluding carboxylic acids is 1. The van der Waals surface area contributed by atoms with Crippen molar-refractivity contribution in [2.75, 3.05) is 5.32 Å². The molecule has 0 radical (unpaired) electrons. The Morgan fingerprint density at radius 3 is 2.60 bits per heavy atom.